The maximum absolute atomic E-state index is 13.2. The van der Waals surface area contributed by atoms with Crippen LogP contribution >= 0.6 is 0 Å². The fraction of sp³-hybridized carbons (Fsp3) is 0.231. The van der Waals surface area contributed by atoms with Crippen molar-refractivity contribution in [1.29, 1.82) is 0 Å². The zero-order valence-electron chi connectivity index (χ0n) is 19.1. The number of anilines is 1. The molecule has 0 radical (unpaired) electrons. The number of nitrogens with one attached hydrogen (secondary N) is 2. The molecule has 2 heterocycles. The topological polar surface area (TPSA) is 88.4 Å². The average molecular weight is 445 g/mol. The largest absolute Gasteiger partial charge is 0.507 e. The summed E-state index contributed by atoms with van der Waals surface area (Å²) in [7, 11) is 3.75. The predicted octanol–water partition coefficient (Wildman–Crippen LogP) is 4.45. The van der Waals surface area contributed by atoms with Crippen LogP contribution in [-0.2, 0) is 24.9 Å². The lowest BCUT2D eigenvalue weighted by molar-refractivity contribution is 0.0527. The van der Waals surface area contributed by atoms with E-state index in [1.165, 1.54) is 0 Å². The highest BCUT2D eigenvalue weighted by molar-refractivity contribution is 6.09. The van der Waals surface area contributed by atoms with E-state index in [9.17, 15) is 9.90 Å². The van der Waals surface area contributed by atoms with Gasteiger partial charge in [-0.3, -0.25) is 4.98 Å². The second-order valence-corrected chi connectivity index (χ2v) is 7.73. The highest BCUT2D eigenvalue weighted by Crippen LogP contribution is 2.41. The Balaban J connectivity index is 1.96. The van der Waals surface area contributed by atoms with Crippen LogP contribution in [0.3, 0.4) is 0 Å². The molecule has 4 rings (SSSR count). The van der Waals surface area contributed by atoms with E-state index in [4.69, 9.17) is 4.74 Å². The van der Waals surface area contributed by atoms with E-state index in [1.54, 1.807) is 19.3 Å². The number of aryl methyl sites for hydroxylation is 1. The van der Waals surface area contributed by atoms with Crippen molar-refractivity contribution in [2.45, 2.75) is 20.0 Å². The number of carbonyl (C=O) groups is 1. The summed E-state index contributed by atoms with van der Waals surface area (Å²) in [5.74, 6) is -0.261. The quantitative estimate of drug-likeness (QED) is 0.348. The van der Waals surface area contributed by atoms with Gasteiger partial charge in [0.15, 0.2) is 0 Å². The van der Waals surface area contributed by atoms with Crippen molar-refractivity contribution < 1.29 is 14.6 Å². The molecule has 0 spiro atoms. The van der Waals surface area contributed by atoms with Gasteiger partial charge >= 0.3 is 5.97 Å². The van der Waals surface area contributed by atoms with Crippen molar-refractivity contribution in [2.75, 3.05) is 19.0 Å². The summed E-state index contributed by atoms with van der Waals surface area (Å²) in [6, 6.07) is 15.5. The number of phenols is 1. The SMILES string of the molecule is CCOC(=O)c1c(CNc2ccccc2)n(C)c2cc(-c3ccncc3)c(O)c(CNC)c12. The first-order valence-electron chi connectivity index (χ1n) is 10.9. The van der Waals surface area contributed by atoms with Crippen molar-refractivity contribution in [1.82, 2.24) is 14.9 Å². The third kappa shape index (κ3) is 4.27. The van der Waals surface area contributed by atoms with Gasteiger partial charge in [0.25, 0.3) is 0 Å². The number of aromatic nitrogens is 2. The molecule has 4 aromatic rings. The average Bonchev–Trinajstić information content (AvgIpc) is 3.12. The molecular formula is C26H28N4O3. The van der Waals surface area contributed by atoms with Gasteiger partial charge < -0.3 is 25.0 Å². The molecule has 7 nitrogen and oxygen atoms in total. The highest BCUT2D eigenvalue weighted by Gasteiger charge is 2.27. The number of carbonyl (C=O) groups excluding carboxylic acids is 1. The Hall–Kier alpha value is -3.84. The number of hydrogen-bond acceptors (Lipinski definition) is 6. The minimum Gasteiger partial charge on any atom is -0.507 e. The number of esters is 1. The summed E-state index contributed by atoms with van der Waals surface area (Å²) >= 11 is 0. The summed E-state index contributed by atoms with van der Waals surface area (Å²) < 4.78 is 7.44. The second kappa shape index (κ2) is 9.75. The summed E-state index contributed by atoms with van der Waals surface area (Å²) in [5.41, 5.74) is 5.26. The van der Waals surface area contributed by atoms with Crippen LogP contribution in [0.15, 0.2) is 60.9 Å². The Bertz CT molecular complexity index is 1270. The maximum atomic E-state index is 13.2. The van der Waals surface area contributed by atoms with Crippen molar-refractivity contribution in [3.8, 4) is 16.9 Å². The van der Waals surface area contributed by atoms with E-state index in [2.05, 4.69) is 15.6 Å². The number of para-hydroxylation sites is 1. The van der Waals surface area contributed by atoms with Gasteiger partial charge in [-0.1, -0.05) is 18.2 Å². The molecule has 2 aromatic heterocycles. The Morgan fingerprint density at radius 2 is 1.85 bits per heavy atom. The third-order valence-electron chi connectivity index (χ3n) is 5.74. The Kier molecular flexibility index (Phi) is 6.60. The first kappa shape index (κ1) is 22.4. The number of phenolic OH excluding ortho intramolecular Hbond substituents is 1. The van der Waals surface area contributed by atoms with Crippen molar-refractivity contribution >= 4 is 22.6 Å². The molecule has 33 heavy (non-hydrogen) atoms. The van der Waals surface area contributed by atoms with Gasteiger partial charge in [0.2, 0.25) is 0 Å². The van der Waals surface area contributed by atoms with E-state index in [0.29, 0.717) is 35.2 Å². The van der Waals surface area contributed by atoms with Crippen LogP contribution in [0.4, 0.5) is 5.69 Å². The molecule has 3 N–H and O–H groups in total. The number of nitrogens with zero attached hydrogens (tertiary/aromatic N) is 2. The molecule has 0 unspecified atom stereocenters. The lowest BCUT2D eigenvalue weighted by Crippen LogP contribution is -2.13. The number of ether oxygens (including phenoxy) is 1. The van der Waals surface area contributed by atoms with Crippen LogP contribution in [0.1, 0.15) is 28.5 Å². The van der Waals surface area contributed by atoms with Crippen LogP contribution in [-0.4, -0.2) is 34.3 Å². The van der Waals surface area contributed by atoms with Gasteiger partial charge in [0.05, 0.1) is 29.9 Å². The van der Waals surface area contributed by atoms with Crippen molar-refractivity contribution in [2.24, 2.45) is 7.05 Å². The van der Waals surface area contributed by atoms with Gasteiger partial charge in [-0.15, -0.1) is 0 Å². The smallest absolute Gasteiger partial charge is 0.340 e. The number of aromatic hydroxyl groups is 1. The van der Waals surface area contributed by atoms with Gasteiger partial charge in [-0.2, -0.15) is 0 Å². The minimum atomic E-state index is -0.402. The van der Waals surface area contributed by atoms with E-state index in [-0.39, 0.29) is 12.4 Å². The van der Waals surface area contributed by atoms with Crippen LogP contribution in [0, 0.1) is 0 Å². The molecule has 0 saturated carbocycles. The molecule has 2 aromatic carbocycles. The van der Waals surface area contributed by atoms with Crippen LogP contribution in [0.2, 0.25) is 0 Å². The van der Waals surface area contributed by atoms with Gasteiger partial charge in [-0.25, -0.2) is 4.79 Å². The molecule has 0 saturated heterocycles. The number of rotatable bonds is 8. The minimum absolute atomic E-state index is 0.141. The fourth-order valence-electron chi connectivity index (χ4n) is 4.19. The van der Waals surface area contributed by atoms with Gasteiger partial charge in [-0.05, 0) is 49.9 Å². The molecule has 0 amide bonds. The molecular weight excluding hydrogens is 416 g/mol. The Labute approximate surface area is 193 Å². The zero-order chi connectivity index (χ0) is 23.4. The van der Waals surface area contributed by atoms with Crippen LogP contribution in [0.5, 0.6) is 5.75 Å². The summed E-state index contributed by atoms with van der Waals surface area (Å²) in [5, 5.41) is 18.5. The number of fused-ring (bicyclic) bond motifs is 1. The molecule has 0 atom stereocenters. The Morgan fingerprint density at radius 1 is 1.12 bits per heavy atom. The maximum Gasteiger partial charge on any atom is 0.340 e. The fourth-order valence-corrected chi connectivity index (χ4v) is 4.19. The molecule has 0 fully saturated rings. The molecule has 7 heteroatoms. The molecule has 0 aliphatic heterocycles. The summed E-state index contributed by atoms with van der Waals surface area (Å²) in [6.45, 7) is 2.87. The molecule has 0 bridgehead atoms. The third-order valence-corrected chi connectivity index (χ3v) is 5.74. The lowest BCUT2D eigenvalue weighted by atomic mass is 9.96. The molecule has 0 aliphatic carbocycles. The number of pyridine rings is 1. The van der Waals surface area contributed by atoms with E-state index in [1.807, 2.05) is 67.2 Å². The first-order chi connectivity index (χ1) is 16.1. The van der Waals surface area contributed by atoms with Gasteiger partial charge in [0, 0.05) is 48.2 Å². The lowest BCUT2D eigenvalue weighted by Gasteiger charge is -2.13. The molecule has 0 aliphatic rings. The van der Waals surface area contributed by atoms with Crippen LogP contribution < -0.4 is 10.6 Å². The summed E-state index contributed by atoms with van der Waals surface area (Å²) in [4.78, 5) is 17.2. The second-order valence-electron chi connectivity index (χ2n) is 7.73. The van der Waals surface area contributed by atoms with E-state index >= 15 is 0 Å². The monoisotopic (exact) mass is 444 g/mol. The standard InChI is InChI=1S/C26H28N4O3/c1-4-33-26(32)24-22(16-29-18-8-6-5-7-9-18)30(3)21-14-19(17-10-12-28-13-11-17)25(31)20(15-27-2)23(21)24/h5-14,27,29,31H,4,15-16H2,1-3H3. The van der Waals surface area contributed by atoms with Gasteiger partial charge in [0.1, 0.15) is 5.75 Å². The summed E-state index contributed by atoms with van der Waals surface area (Å²) in [6.07, 6.45) is 3.39. The Morgan fingerprint density at radius 3 is 2.52 bits per heavy atom. The highest BCUT2D eigenvalue weighted by atomic mass is 16.5. The van der Waals surface area contributed by atoms with Crippen LogP contribution in [0.25, 0.3) is 22.0 Å². The number of hydrogen-bond donors (Lipinski definition) is 3. The first-order valence-corrected chi connectivity index (χ1v) is 10.9. The number of benzene rings is 2. The van der Waals surface area contributed by atoms with Crippen molar-refractivity contribution in [3.05, 3.63) is 77.7 Å². The normalized spacial score (nSPS) is 11.0. The van der Waals surface area contributed by atoms with E-state index in [0.717, 1.165) is 22.5 Å². The van der Waals surface area contributed by atoms with E-state index < -0.39 is 5.97 Å². The predicted molar refractivity (Wildman–Crippen MR) is 130 cm³/mol. The molecule has 170 valence electrons. The van der Waals surface area contributed by atoms with Crippen molar-refractivity contribution in [3.63, 3.8) is 0 Å². The zero-order valence-corrected chi connectivity index (χ0v) is 19.1.